The van der Waals surface area contributed by atoms with Crippen molar-refractivity contribution in [2.24, 2.45) is 0 Å². The van der Waals surface area contributed by atoms with E-state index in [1.165, 1.54) is 23.7 Å². The minimum Gasteiger partial charge on any atom is -0.485 e. The maximum Gasteiger partial charge on any atom is 0.246 e. The summed E-state index contributed by atoms with van der Waals surface area (Å²) >= 11 is 7.97. The number of likely N-dealkylation sites (tertiary alicyclic amines) is 1. The number of carbonyl (C=O) groups excluding carboxylic acids is 1. The molecule has 0 bridgehead atoms. The minimum atomic E-state index is -0.0485. The maximum atomic E-state index is 12.0. The molecule has 4 aromatic rings. The lowest BCUT2D eigenvalue weighted by Crippen LogP contribution is -2.36. The lowest BCUT2D eigenvalue weighted by Gasteiger charge is -2.26. The first-order valence-corrected chi connectivity index (χ1v) is 12.8. The van der Waals surface area contributed by atoms with Crippen molar-refractivity contribution < 1.29 is 9.53 Å². The van der Waals surface area contributed by atoms with Crippen molar-refractivity contribution in [3.8, 4) is 5.75 Å². The Labute approximate surface area is 223 Å². The largest absolute Gasteiger partial charge is 0.485 e. The average molecular weight is 537 g/mol. The molecule has 0 aliphatic carbocycles. The van der Waals surface area contributed by atoms with Gasteiger partial charge in [-0.1, -0.05) is 29.5 Å². The molecule has 1 saturated heterocycles. The minimum absolute atomic E-state index is 0.0485. The van der Waals surface area contributed by atoms with Crippen LogP contribution >= 0.6 is 22.9 Å². The molecule has 37 heavy (non-hydrogen) atoms. The number of aromatic nitrogens is 5. The van der Waals surface area contributed by atoms with Gasteiger partial charge < -0.3 is 19.9 Å². The zero-order chi connectivity index (χ0) is 25.9. The number of benzene rings is 1. The number of hydrogen-bond donors (Lipinski definition) is 1. The van der Waals surface area contributed by atoms with E-state index in [9.17, 15) is 4.79 Å². The molecule has 1 fully saturated rings. The molecule has 1 amide bonds. The van der Waals surface area contributed by atoms with Crippen molar-refractivity contribution >= 4 is 57.2 Å². The summed E-state index contributed by atoms with van der Waals surface area (Å²) in [6, 6.07) is 9.44. The molecule has 1 N–H and O–H groups in total. The van der Waals surface area contributed by atoms with Gasteiger partial charge in [-0.25, -0.2) is 15.0 Å². The molecule has 1 aliphatic rings. The van der Waals surface area contributed by atoms with Gasteiger partial charge in [0.1, 0.15) is 35.0 Å². The zero-order valence-corrected chi connectivity index (χ0v) is 22.0. The molecule has 10 nitrogen and oxygen atoms in total. The number of rotatable bonds is 8. The standard InChI is InChI=1S/C25H25ClN8O2S/c1-4-23(35)34-10-9-17(12-34)33(3)21-8-6-19-24(30-21)25(28-14-27-19)29-16-5-7-20(18(26)11-16)36-13-22-32-31-15(2)37-22/h4-8,11,14,17H,1,9-10,12-13H2,2-3H3,(H,27,28,29)/t17-/m0/s1. The van der Waals surface area contributed by atoms with Gasteiger partial charge in [0.2, 0.25) is 5.91 Å². The van der Waals surface area contributed by atoms with Crippen molar-refractivity contribution in [1.82, 2.24) is 30.0 Å². The monoisotopic (exact) mass is 536 g/mol. The lowest BCUT2D eigenvalue weighted by atomic mass is 10.2. The molecule has 0 radical (unpaired) electrons. The van der Waals surface area contributed by atoms with Gasteiger partial charge in [-0.05, 0) is 49.8 Å². The summed E-state index contributed by atoms with van der Waals surface area (Å²) in [5.74, 6) is 1.84. The predicted octanol–water partition coefficient (Wildman–Crippen LogP) is 4.38. The van der Waals surface area contributed by atoms with Gasteiger partial charge in [0.05, 0.1) is 10.5 Å². The smallest absolute Gasteiger partial charge is 0.246 e. The third kappa shape index (κ3) is 5.47. The van der Waals surface area contributed by atoms with Crippen LogP contribution in [0, 0.1) is 6.92 Å². The fourth-order valence-electron chi connectivity index (χ4n) is 4.16. The second-order valence-corrected chi connectivity index (χ2v) is 10.2. The Morgan fingerprint density at radius 2 is 2.19 bits per heavy atom. The van der Waals surface area contributed by atoms with Crippen LogP contribution in [0.3, 0.4) is 0 Å². The number of nitrogens with one attached hydrogen (secondary N) is 1. The molecule has 190 valence electrons. The molecule has 5 rings (SSSR count). The van der Waals surface area contributed by atoms with Crippen LogP contribution in [-0.4, -0.2) is 62.1 Å². The topological polar surface area (TPSA) is 109 Å². The van der Waals surface area contributed by atoms with Crippen molar-refractivity contribution in [3.05, 3.63) is 64.4 Å². The number of amides is 1. The summed E-state index contributed by atoms with van der Waals surface area (Å²) in [5, 5.41) is 13.5. The van der Waals surface area contributed by atoms with Crippen molar-refractivity contribution in [2.75, 3.05) is 30.4 Å². The van der Waals surface area contributed by atoms with Crippen LogP contribution in [0.15, 0.2) is 49.3 Å². The van der Waals surface area contributed by atoms with E-state index in [0.717, 1.165) is 27.9 Å². The Morgan fingerprint density at radius 1 is 1.32 bits per heavy atom. The molecule has 0 spiro atoms. The fraction of sp³-hybridized carbons (Fsp3) is 0.280. The molecule has 12 heteroatoms. The van der Waals surface area contributed by atoms with Crippen LogP contribution in [0.2, 0.25) is 5.02 Å². The Hall–Kier alpha value is -3.83. The van der Waals surface area contributed by atoms with Gasteiger partial charge in [-0.2, -0.15) is 0 Å². The first kappa shape index (κ1) is 24.8. The van der Waals surface area contributed by atoms with E-state index < -0.39 is 0 Å². The predicted molar refractivity (Wildman–Crippen MR) is 145 cm³/mol. The van der Waals surface area contributed by atoms with E-state index in [2.05, 4.69) is 37.0 Å². The van der Waals surface area contributed by atoms with Gasteiger partial charge in [0.15, 0.2) is 10.8 Å². The van der Waals surface area contributed by atoms with Crippen LogP contribution < -0.4 is 15.0 Å². The summed E-state index contributed by atoms with van der Waals surface area (Å²) in [5.41, 5.74) is 2.08. The van der Waals surface area contributed by atoms with Crippen LogP contribution in [0.1, 0.15) is 16.4 Å². The summed E-state index contributed by atoms with van der Waals surface area (Å²) in [6.07, 6.45) is 3.71. The van der Waals surface area contributed by atoms with Crippen LogP contribution in [0.5, 0.6) is 5.75 Å². The summed E-state index contributed by atoms with van der Waals surface area (Å²) in [6.45, 7) is 7.11. The second kappa shape index (κ2) is 10.7. The Bertz CT molecular complexity index is 1460. The number of ether oxygens (including phenoxy) is 1. The molecule has 0 saturated carbocycles. The average Bonchev–Trinajstić information content (AvgIpc) is 3.57. The number of pyridine rings is 1. The molecule has 3 aromatic heterocycles. The van der Waals surface area contributed by atoms with E-state index in [1.807, 2.05) is 32.2 Å². The van der Waals surface area contributed by atoms with Crippen LogP contribution in [0.25, 0.3) is 11.0 Å². The van der Waals surface area contributed by atoms with Crippen LogP contribution in [-0.2, 0) is 11.4 Å². The highest BCUT2D eigenvalue weighted by atomic mass is 35.5. The van der Waals surface area contributed by atoms with Crippen molar-refractivity contribution in [1.29, 1.82) is 0 Å². The van der Waals surface area contributed by atoms with E-state index in [0.29, 0.717) is 47.3 Å². The molecule has 1 aromatic carbocycles. The molecule has 1 atom stereocenters. The zero-order valence-electron chi connectivity index (χ0n) is 20.4. The van der Waals surface area contributed by atoms with Gasteiger partial charge in [-0.3, -0.25) is 4.79 Å². The van der Waals surface area contributed by atoms with Gasteiger partial charge >= 0.3 is 0 Å². The number of hydrogen-bond acceptors (Lipinski definition) is 10. The quantitative estimate of drug-likeness (QED) is 0.328. The first-order chi connectivity index (χ1) is 17.9. The Morgan fingerprint density at radius 3 is 2.95 bits per heavy atom. The van der Waals surface area contributed by atoms with Crippen molar-refractivity contribution in [2.45, 2.75) is 26.0 Å². The highest BCUT2D eigenvalue weighted by molar-refractivity contribution is 7.11. The Balaban J connectivity index is 1.33. The highest BCUT2D eigenvalue weighted by Gasteiger charge is 2.28. The maximum absolute atomic E-state index is 12.0. The number of nitrogens with zero attached hydrogens (tertiary/aromatic N) is 7. The summed E-state index contributed by atoms with van der Waals surface area (Å²) < 4.78 is 5.81. The number of fused-ring (bicyclic) bond motifs is 1. The van der Waals surface area contributed by atoms with E-state index in [-0.39, 0.29) is 11.9 Å². The molecule has 1 aliphatic heterocycles. The van der Waals surface area contributed by atoms with E-state index in [4.69, 9.17) is 21.3 Å². The Kier molecular flexibility index (Phi) is 7.15. The van der Waals surface area contributed by atoms with Gasteiger partial charge in [-0.15, -0.1) is 10.2 Å². The third-order valence-corrected chi connectivity index (χ3v) is 7.25. The molecular weight excluding hydrogens is 512 g/mol. The van der Waals surface area contributed by atoms with Crippen molar-refractivity contribution in [3.63, 3.8) is 0 Å². The third-order valence-electron chi connectivity index (χ3n) is 6.14. The number of carbonyl (C=O) groups is 1. The lowest BCUT2D eigenvalue weighted by molar-refractivity contribution is -0.125. The molecule has 4 heterocycles. The SMILES string of the molecule is C=CC(=O)N1CC[C@H](N(C)c2ccc3ncnc(Nc4ccc(OCc5nnc(C)s5)c(Cl)c4)c3n2)C1. The van der Waals surface area contributed by atoms with Gasteiger partial charge in [0, 0.05) is 31.9 Å². The number of aryl methyl sites for hydroxylation is 1. The normalized spacial score (nSPS) is 15.1. The second-order valence-electron chi connectivity index (χ2n) is 8.57. The number of likely N-dealkylation sites (N-methyl/N-ethyl adjacent to an activating group) is 1. The highest BCUT2D eigenvalue weighted by Crippen LogP contribution is 2.31. The number of halogens is 1. The first-order valence-electron chi connectivity index (χ1n) is 11.7. The van der Waals surface area contributed by atoms with Crippen LogP contribution in [0.4, 0.5) is 17.3 Å². The molecular formula is C25H25ClN8O2S. The summed E-state index contributed by atoms with van der Waals surface area (Å²) in [7, 11) is 1.99. The molecule has 0 unspecified atom stereocenters. The van der Waals surface area contributed by atoms with E-state index in [1.54, 1.807) is 17.0 Å². The number of anilines is 3. The summed E-state index contributed by atoms with van der Waals surface area (Å²) in [4.78, 5) is 29.5. The fourth-order valence-corrected chi connectivity index (χ4v) is 5.02. The van der Waals surface area contributed by atoms with E-state index >= 15 is 0 Å². The van der Waals surface area contributed by atoms with Gasteiger partial charge in [0.25, 0.3) is 0 Å².